The predicted octanol–water partition coefficient (Wildman–Crippen LogP) is 5.27. The van der Waals surface area contributed by atoms with E-state index in [0.29, 0.717) is 0 Å². The lowest BCUT2D eigenvalue weighted by molar-refractivity contribution is -0.137. The molecule has 2 rings (SSSR count). The van der Waals surface area contributed by atoms with Gasteiger partial charge in [-0.1, -0.05) is 0 Å². The van der Waals surface area contributed by atoms with Crippen LogP contribution < -0.4 is 4.74 Å². The number of hydrogen-bond acceptors (Lipinski definition) is 2. The van der Waals surface area contributed by atoms with Crippen molar-refractivity contribution in [3.8, 4) is 17.6 Å². The summed E-state index contributed by atoms with van der Waals surface area (Å²) in [5.74, 6) is -0.451. The van der Waals surface area contributed by atoms with E-state index in [9.17, 15) is 17.6 Å². The van der Waals surface area contributed by atoms with Gasteiger partial charge in [-0.25, -0.2) is 4.39 Å². The molecule has 21 heavy (non-hydrogen) atoms. The number of nitrogens with zero attached hydrogens (tertiary/aromatic N) is 1. The number of alkyl halides is 3. The summed E-state index contributed by atoms with van der Waals surface area (Å²) in [6, 6.07) is 8.00. The number of halogens is 5. The Morgan fingerprint density at radius 1 is 1.10 bits per heavy atom. The van der Waals surface area contributed by atoms with Crippen molar-refractivity contribution in [2.24, 2.45) is 0 Å². The average molecular weight is 360 g/mol. The maximum Gasteiger partial charge on any atom is 0.417 e. The predicted molar refractivity (Wildman–Crippen MR) is 70.3 cm³/mol. The van der Waals surface area contributed by atoms with Gasteiger partial charge < -0.3 is 4.74 Å². The van der Waals surface area contributed by atoms with Crippen LogP contribution in [0.5, 0.6) is 11.5 Å². The van der Waals surface area contributed by atoms with Crippen LogP contribution in [-0.2, 0) is 6.18 Å². The molecule has 7 heteroatoms. The Bertz CT molecular complexity index is 722. The zero-order valence-corrected chi connectivity index (χ0v) is 11.8. The Morgan fingerprint density at radius 3 is 2.38 bits per heavy atom. The molecule has 0 spiro atoms. The van der Waals surface area contributed by atoms with Crippen LogP contribution >= 0.6 is 15.9 Å². The van der Waals surface area contributed by atoms with Gasteiger partial charge in [-0.2, -0.15) is 18.4 Å². The van der Waals surface area contributed by atoms with Crippen LogP contribution in [0.15, 0.2) is 40.9 Å². The molecular weight excluding hydrogens is 354 g/mol. The van der Waals surface area contributed by atoms with Crippen molar-refractivity contribution >= 4 is 15.9 Å². The quantitative estimate of drug-likeness (QED) is 0.684. The van der Waals surface area contributed by atoms with Crippen molar-refractivity contribution in [2.75, 3.05) is 0 Å². The van der Waals surface area contributed by atoms with E-state index in [-0.39, 0.29) is 16.0 Å². The first-order valence-corrected chi connectivity index (χ1v) is 6.35. The van der Waals surface area contributed by atoms with Gasteiger partial charge in [-0.3, -0.25) is 0 Å². The lowest BCUT2D eigenvalue weighted by atomic mass is 10.1. The van der Waals surface area contributed by atoms with Crippen molar-refractivity contribution < 1.29 is 22.3 Å². The maximum atomic E-state index is 12.9. The highest BCUT2D eigenvalue weighted by Crippen LogP contribution is 2.36. The van der Waals surface area contributed by atoms with Crippen LogP contribution in [0.3, 0.4) is 0 Å². The van der Waals surface area contributed by atoms with E-state index in [4.69, 9.17) is 10.00 Å². The van der Waals surface area contributed by atoms with E-state index in [1.165, 1.54) is 18.2 Å². The average Bonchev–Trinajstić information content (AvgIpc) is 2.41. The summed E-state index contributed by atoms with van der Waals surface area (Å²) in [6.45, 7) is 0. The van der Waals surface area contributed by atoms with Crippen molar-refractivity contribution in [2.45, 2.75) is 6.18 Å². The highest BCUT2D eigenvalue weighted by atomic mass is 79.9. The summed E-state index contributed by atoms with van der Waals surface area (Å²) in [4.78, 5) is 0. The molecule has 0 atom stereocenters. The lowest BCUT2D eigenvalue weighted by Gasteiger charge is -2.12. The Kier molecular flexibility index (Phi) is 4.19. The molecule has 0 aliphatic heterocycles. The fourth-order valence-corrected chi connectivity index (χ4v) is 2.04. The van der Waals surface area contributed by atoms with Gasteiger partial charge in [-0.05, 0) is 52.3 Å². The molecule has 0 aliphatic carbocycles. The van der Waals surface area contributed by atoms with Crippen LogP contribution in [-0.4, -0.2) is 0 Å². The first-order valence-electron chi connectivity index (χ1n) is 5.55. The second kappa shape index (κ2) is 5.74. The number of rotatable bonds is 2. The van der Waals surface area contributed by atoms with Crippen LogP contribution in [0.25, 0.3) is 0 Å². The Balaban J connectivity index is 2.40. The molecule has 2 nitrogen and oxygen atoms in total. The molecule has 0 saturated heterocycles. The van der Waals surface area contributed by atoms with Crippen LogP contribution in [0.2, 0.25) is 0 Å². The molecule has 0 unspecified atom stereocenters. The Hall–Kier alpha value is -2.07. The number of nitriles is 1. The topological polar surface area (TPSA) is 33.0 Å². The number of hydrogen-bond donors (Lipinski definition) is 0. The van der Waals surface area contributed by atoms with E-state index in [1.54, 1.807) is 0 Å². The molecule has 0 saturated carbocycles. The summed E-state index contributed by atoms with van der Waals surface area (Å²) in [6.07, 6.45) is -4.66. The normalized spacial score (nSPS) is 11.0. The van der Waals surface area contributed by atoms with Gasteiger partial charge in [0.2, 0.25) is 0 Å². The van der Waals surface area contributed by atoms with E-state index < -0.39 is 23.1 Å². The highest BCUT2D eigenvalue weighted by Gasteiger charge is 2.34. The smallest absolute Gasteiger partial charge is 0.417 e. The van der Waals surface area contributed by atoms with E-state index >= 15 is 0 Å². The second-order valence-corrected chi connectivity index (χ2v) is 4.85. The molecule has 0 radical (unpaired) electrons. The molecule has 0 amide bonds. The van der Waals surface area contributed by atoms with Crippen molar-refractivity contribution in [1.82, 2.24) is 0 Å². The summed E-state index contributed by atoms with van der Waals surface area (Å²) in [7, 11) is 0. The van der Waals surface area contributed by atoms with Gasteiger partial charge in [0.25, 0.3) is 0 Å². The van der Waals surface area contributed by atoms with Crippen LogP contribution in [0, 0.1) is 17.1 Å². The molecular formula is C14H6BrF4NO. The zero-order valence-electron chi connectivity index (χ0n) is 10.2. The molecule has 0 N–H and O–H groups in total. The number of ether oxygens (including phenoxy) is 1. The third kappa shape index (κ3) is 3.52. The summed E-state index contributed by atoms with van der Waals surface area (Å²) in [5.41, 5.74) is -1.58. The van der Waals surface area contributed by atoms with Crippen LogP contribution in [0.4, 0.5) is 17.6 Å². The molecule has 2 aromatic rings. The van der Waals surface area contributed by atoms with Gasteiger partial charge in [0.1, 0.15) is 17.3 Å². The second-order valence-electron chi connectivity index (χ2n) is 3.99. The largest absolute Gasteiger partial charge is 0.456 e. The minimum Gasteiger partial charge on any atom is -0.456 e. The van der Waals surface area contributed by atoms with Crippen molar-refractivity contribution in [3.63, 3.8) is 0 Å². The molecule has 0 aromatic heterocycles. The fourth-order valence-electron chi connectivity index (χ4n) is 1.60. The molecule has 0 aliphatic rings. The fraction of sp³-hybridized carbons (Fsp3) is 0.0714. The van der Waals surface area contributed by atoms with E-state index in [1.807, 2.05) is 0 Å². The molecule has 2 aromatic carbocycles. The first kappa shape index (κ1) is 15.3. The highest BCUT2D eigenvalue weighted by molar-refractivity contribution is 9.10. The van der Waals surface area contributed by atoms with E-state index in [0.717, 1.165) is 24.3 Å². The molecule has 108 valence electrons. The summed E-state index contributed by atoms with van der Waals surface area (Å²) in [5, 5.41) is 8.70. The summed E-state index contributed by atoms with van der Waals surface area (Å²) < 4.78 is 56.9. The van der Waals surface area contributed by atoms with Gasteiger partial charge in [0.05, 0.1) is 21.7 Å². The molecule has 0 fully saturated rings. The van der Waals surface area contributed by atoms with Gasteiger partial charge in [0.15, 0.2) is 0 Å². The third-order valence-electron chi connectivity index (χ3n) is 2.54. The Labute approximate surface area is 125 Å². The first-order chi connectivity index (χ1) is 9.81. The van der Waals surface area contributed by atoms with Crippen LogP contribution in [0.1, 0.15) is 11.1 Å². The lowest BCUT2D eigenvalue weighted by Crippen LogP contribution is -2.07. The molecule has 0 heterocycles. The minimum absolute atomic E-state index is 0.103. The van der Waals surface area contributed by atoms with Gasteiger partial charge >= 0.3 is 6.18 Å². The molecule has 0 bridgehead atoms. The monoisotopic (exact) mass is 359 g/mol. The van der Waals surface area contributed by atoms with Crippen molar-refractivity contribution in [3.05, 3.63) is 57.8 Å². The van der Waals surface area contributed by atoms with Gasteiger partial charge in [-0.15, -0.1) is 0 Å². The summed E-state index contributed by atoms with van der Waals surface area (Å²) >= 11 is 3.05. The standard InChI is InChI=1S/C14H6BrF4NO/c15-12-5-9(16)2-4-13(12)21-10-3-1-8(7-20)11(6-10)14(17,18)19/h1-6H. The van der Waals surface area contributed by atoms with Crippen molar-refractivity contribution in [1.29, 1.82) is 5.26 Å². The Morgan fingerprint density at radius 2 is 1.81 bits per heavy atom. The number of benzene rings is 2. The SMILES string of the molecule is N#Cc1ccc(Oc2ccc(F)cc2Br)cc1C(F)(F)F. The zero-order chi connectivity index (χ0) is 15.6. The minimum atomic E-state index is -4.66. The van der Waals surface area contributed by atoms with E-state index in [2.05, 4.69) is 15.9 Å². The maximum absolute atomic E-state index is 12.9. The van der Waals surface area contributed by atoms with Gasteiger partial charge in [0, 0.05) is 0 Å². The third-order valence-corrected chi connectivity index (χ3v) is 3.16.